The highest BCUT2D eigenvalue weighted by Crippen LogP contribution is 2.22. The summed E-state index contributed by atoms with van der Waals surface area (Å²) in [5.74, 6) is -0.337. The summed E-state index contributed by atoms with van der Waals surface area (Å²) in [5, 5.41) is 3.00. The number of aryl methyl sites for hydroxylation is 1. The van der Waals surface area contributed by atoms with Crippen LogP contribution in [-0.4, -0.2) is 68.8 Å². The van der Waals surface area contributed by atoms with Gasteiger partial charge in [0.15, 0.2) is 0 Å². The third-order valence-electron chi connectivity index (χ3n) is 7.55. The van der Waals surface area contributed by atoms with Crippen LogP contribution in [0.25, 0.3) is 0 Å². The molecular formula is C33H41N3O5S. The molecule has 8 nitrogen and oxygen atoms in total. The lowest BCUT2D eigenvalue weighted by atomic mass is 10.0. The van der Waals surface area contributed by atoms with Crippen molar-refractivity contribution in [1.29, 1.82) is 0 Å². The van der Waals surface area contributed by atoms with E-state index < -0.39 is 16.1 Å². The normalized spacial score (nSPS) is 14.4. The van der Waals surface area contributed by atoms with Crippen LogP contribution < -0.4 is 5.32 Å². The molecule has 1 N–H and O–H groups in total. The summed E-state index contributed by atoms with van der Waals surface area (Å²) >= 11 is 0. The number of nitrogens with one attached hydrogen (secondary N) is 1. The minimum atomic E-state index is -3.49. The van der Waals surface area contributed by atoms with E-state index in [2.05, 4.69) is 5.32 Å². The molecule has 1 aliphatic rings. The number of amides is 2. The molecule has 3 aromatic rings. The van der Waals surface area contributed by atoms with E-state index in [4.69, 9.17) is 4.74 Å². The summed E-state index contributed by atoms with van der Waals surface area (Å²) in [4.78, 5) is 29.4. The van der Waals surface area contributed by atoms with E-state index in [0.29, 0.717) is 52.0 Å². The van der Waals surface area contributed by atoms with Crippen LogP contribution in [0.1, 0.15) is 42.4 Å². The van der Waals surface area contributed by atoms with Crippen LogP contribution in [0.4, 0.5) is 0 Å². The van der Waals surface area contributed by atoms with Gasteiger partial charge >= 0.3 is 0 Å². The third-order valence-corrected chi connectivity index (χ3v) is 9.46. The van der Waals surface area contributed by atoms with E-state index in [-0.39, 0.29) is 23.1 Å². The van der Waals surface area contributed by atoms with Gasteiger partial charge in [-0.3, -0.25) is 9.59 Å². The monoisotopic (exact) mass is 591 g/mol. The lowest BCUT2D eigenvalue weighted by Crippen LogP contribution is -2.50. The number of carbonyl (C=O) groups excluding carboxylic acids is 2. The van der Waals surface area contributed by atoms with Gasteiger partial charge in [0.05, 0.1) is 4.90 Å². The van der Waals surface area contributed by atoms with Crippen LogP contribution in [0.2, 0.25) is 0 Å². The first-order valence-corrected chi connectivity index (χ1v) is 16.1. The second-order valence-corrected chi connectivity index (χ2v) is 12.5. The molecule has 0 unspecified atom stereocenters. The molecule has 0 aliphatic carbocycles. The molecule has 0 spiro atoms. The standard InChI is InChI=1S/C33H41N3O5S/c1-41-24-10-21-34-33(38)31(25-28-11-4-2-5-12-28)36(26-29-13-6-3-7-14-29)32(37)20-17-27-15-18-30(19-16-27)42(39,40)35-22-8-9-23-35/h2-7,11-16,18-19,31H,8-10,17,20-26H2,1H3,(H,34,38)/t31-/m1/s1. The topological polar surface area (TPSA) is 96.0 Å². The van der Waals surface area contributed by atoms with Gasteiger partial charge in [0.2, 0.25) is 21.8 Å². The maximum Gasteiger partial charge on any atom is 0.243 e. The van der Waals surface area contributed by atoms with Crippen LogP contribution in [0.15, 0.2) is 89.8 Å². The quantitative estimate of drug-likeness (QED) is 0.268. The molecule has 1 atom stereocenters. The molecule has 0 bridgehead atoms. The number of carbonyl (C=O) groups is 2. The minimum absolute atomic E-state index is 0.138. The molecular weight excluding hydrogens is 550 g/mol. The van der Waals surface area contributed by atoms with Gasteiger partial charge in [-0.1, -0.05) is 72.8 Å². The smallest absolute Gasteiger partial charge is 0.243 e. The van der Waals surface area contributed by atoms with Crippen LogP contribution in [-0.2, 0) is 43.7 Å². The molecule has 3 aromatic carbocycles. The van der Waals surface area contributed by atoms with Gasteiger partial charge in [0.25, 0.3) is 0 Å². The highest BCUT2D eigenvalue weighted by molar-refractivity contribution is 7.89. The number of methoxy groups -OCH3 is 1. The van der Waals surface area contributed by atoms with Gasteiger partial charge in [0, 0.05) is 52.7 Å². The summed E-state index contributed by atoms with van der Waals surface area (Å²) in [6.45, 7) is 2.40. The lowest BCUT2D eigenvalue weighted by Gasteiger charge is -2.31. The average Bonchev–Trinajstić information content (AvgIpc) is 3.57. The Kier molecular flexibility index (Phi) is 11.7. The molecule has 0 radical (unpaired) electrons. The molecule has 1 fully saturated rings. The highest BCUT2D eigenvalue weighted by atomic mass is 32.2. The van der Waals surface area contributed by atoms with Gasteiger partial charge in [-0.05, 0) is 54.5 Å². The first kappa shape index (κ1) is 31.4. The van der Waals surface area contributed by atoms with Gasteiger partial charge in [0.1, 0.15) is 6.04 Å². The summed E-state index contributed by atoms with van der Waals surface area (Å²) < 4.78 is 32.4. The Morgan fingerprint density at radius 2 is 1.50 bits per heavy atom. The summed E-state index contributed by atoms with van der Waals surface area (Å²) in [5.41, 5.74) is 2.77. The van der Waals surface area contributed by atoms with Crippen molar-refractivity contribution in [3.8, 4) is 0 Å². The Bertz CT molecular complexity index is 1380. The number of sulfonamides is 1. The Labute approximate surface area is 249 Å². The molecule has 1 heterocycles. The van der Waals surface area contributed by atoms with Crippen molar-refractivity contribution < 1.29 is 22.7 Å². The zero-order chi connectivity index (χ0) is 29.8. The molecule has 0 saturated carbocycles. The average molecular weight is 592 g/mol. The van der Waals surface area contributed by atoms with Crippen molar-refractivity contribution in [2.24, 2.45) is 0 Å². The fraction of sp³-hybridized carbons (Fsp3) is 0.394. The van der Waals surface area contributed by atoms with E-state index in [0.717, 1.165) is 29.5 Å². The molecule has 4 rings (SSSR count). The molecule has 1 aliphatic heterocycles. The fourth-order valence-electron chi connectivity index (χ4n) is 5.18. The fourth-order valence-corrected chi connectivity index (χ4v) is 6.70. The van der Waals surface area contributed by atoms with Crippen molar-refractivity contribution in [3.05, 3.63) is 102 Å². The van der Waals surface area contributed by atoms with Gasteiger partial charge in [-0.2, -0.15) is 4.31 Å². The first-order valence-electron chi connectivity index (χ1n) is 14.6. The maximum absolute atomic E-state index is 13.9. The van der Waals surface area contributed by atoms with Crippen molar-refractivity contribution in [2.45, 2.75) is 56.0 Å². The van der Waals surface area contributed by atoms with Crippen LogP contribution in [0, 0.1) is 0 Å². The number of hydrogen-bond donors (Lipinski definition) is 1. The Morgan fingerprint density at radius 1 is 0.881 bits per heavy atom. The molecule has 1 saturated heterocycles. The number of nitrogens with zero attached hydrogens (tertiary/aromatic N) is 2. The predicted octanol–water partition coefficient (Wildman–Crippen LogP) is 4.20. The number of hydrogen-bond acceptors (Lipinski definition) is 5. The number of benzene rings is 3. The Balaban J connectivity index is 1.51. The van der Waals surface area contributed by atoms with Crippen LogP contribution >= 0.6 is 0 Å². The summed E-state index contributed by atoms with van der Waals surface area (Å²) in [7, 11) is -1.87. The highest BCUT2D eigenvalue weighted by Gasteiger charge is 2.30. The van der Waals surface area contributed by atoms with Crippen molar-refractivity contribution >= 4 is 21.8 Å². The van der Waals surface area contributed by atoms with E-state index in [1.54, 1.807) is 36.3 Å². The minimum Gasteiger partial charge on any atom is -0.385 e. The number of rotatable bonds is 15. The van der Waals surface area contributed by atoms with Crippen LogP contribution in [0.3, 0.4) is 0 Å². The van der Waals surface area contributed by atoms with Crippen molar-refractivity contribution in [1.82, 2.24) is 14.5 Å². The van der Waals surface area contributed by atoms with E-state index >= 15 is 0 Å². The largest absolute Gasteiger partial charge is 0.385 e. The molecule has 42 heavy (non-hydrogen) atoms. The molecule has 224 valence electrons. The Hall–Kier alpha value is -3.53. The summed E-state index contributed by atoms with van der Waals surface area (Å²) in [6.07, 6.45) is 3.45. The second-order valence-electron chi connectivity index (χ2n) is 10.6. The third kappa shape index (κ3) is 8.74. The number of ether oxygens (including phenoxy) is 1. The Morgan fingerprint density at radius 3 is 2.12 bits per heavy atom. The van der Waals surface area contributed by atoms with E-state index in [1.807, 2.05) is 60.7 Å². The summed E-state index contributed by atoms with van der Waals surface area (Å²) in [6, 6.07) is 25.5. The van der Waals surface area contributed by atoms with Crippen LogP contribution in [0.5, 0.6) is 0 Å². The van der Waals surface area contributed by atoms with Gasteiger partial charge in [-0.25, -0.2) is 8.42 Å². The molecule has 9 heteroatoms. The second kappa shape index (κ2) is 15.6. The van der Waals surface area contributed by atoms with E-state index in [9.17, 15) is 18.0 Å². The lowest BCUT2D eigenvalue weighted by molar-refractivity contribution is -0.141. The maximum atomic E-state index is 13.9. The molecule has 0 aromatic heterocycles. The predicted molar refractivity (Wildman–Crippen MR) is 163 cm³/mol. The SMILES string of the molecule is COCCCNC(=O)[C@@H](Cc1ccccc1)N(Cc1ccccc1)C(=O)CCc1ccc(S(=O)(=O)N2CCCC2)cc1. The van der Waals surface area contributed by atoms with Gasteiger partial charge < -0.3 is 15.0 Å². The molecule has 2 amide bonds. The zero-order valence-electron chi connectivity index (χ0n) is 24.3. The van der Waals surface area contributed by atoms with Crippen molar-refractivity contribution in [3.63, 3.8) is 0 Å². The van der Waals surface area contributed by atoms with E-state index in [1.165, 1.54) is 4.31 Å². The first-order chi connectivity index (χ1) is 20.4. The van der Waals surface area contributed by atoms with Crippen molar-refractivity contribution in [2.75, 3.05) is 33.4 Å². The zero-order valence-corrected chi connectivity index (χ0v) is 25.1. The van der Waals surface area contributed by atoms with Gasteiger partial charge in [-0.15, -0.1) is 0 Å².